The van der Waals surface area contributed by atoms with Crippen LogP contribution >= 0.6 is 11.3 Å². The highest BCUT2D eigenvalue weighted by Crippen LogP contribution is 2.23. The van der Waals surface area contributed by atoms with Gasteiger partial charge in [0.1, 0.15) is 5.01 Å². The highest BCUT2D eigenvalue weighted by atomic mass is 32.1. The molecule has 15 heavy (non-hydrogen) atoms. The van der Waals surface area contributed by atoms with Gasteiger partial charge >= 0.3 is 0 Å². The second-order valence-corrected chi connectivity index (χ2v) is 4.15. The van der Waals surface area contributed by atoms with E-state index >= 15 is 0 Å². The van der Waals surface area contributed by atoms with Crippen LogP contribution in [0, 0.1) is 0 Å². The molecule has 5 heteroatoms. The van der Waals surface area contributed by atoms with Gasteiger partial charge in [0, 0.05) is 24.7 Å². The van der Waals surface area contributed by atoms with Crippen molar-refractivity contribution in [3.8, 4) is 10.7 Å². The molecule has 0 aromatic carbocycles. The average Bonchev–Trinajstić information content (AvgIpc) is 2.85. The first kappa shape index (κ1) is 10.3. The van der Waals surface area contributed by atoms with E-state index in [1.54, 1.807) is 11.3 Å². The second kappa shape index (κ2) is 4.55. The summed E-state index contributed by atoms with van der Waals surface area (Å²) in [7, 11) is 0. The third-order valence-corrected chi connectivity index (χ3v) is 3.05. The number of hydrogen-bond acceptors (Lipinski definition) is 4. The van der Waals surface area contributed by atoms with Gasteiger partial charge in [0.25, 0.3) is 0 Å². The zero-order valence-electron chi connectivity index (χ0n) is 8.68. The van der Waals surface area contributed by atoms with Crippen LogP contribution in [0.25, 0.3) is 10.7 Å². The predicted molar refractivity (Wildman–Crippen MR) is 61.5 cm³/mol. The quantitative estimate of drug-likeness (QED) is 0.859. The second-order valence-electron chi connectivity index (χ2n) is 3.29. The smallest absolute Gasteiger partial charge is 0.141 e. The monoisotopic (exact) mass is 222 g/mol. The zero-order chi connectivity index (χ0) is 10.7. The molecular weight excluding hydrogens is 208 g/mol. The van der Waals surface area contributed by atoms with E-state index in [2.05, 4.69) is 17.0 Å². The van der Waals surface area contributed by atoms with Crippen molar-refractivity contribution in [3.63, 3.8) is 0 Å². The van der Waals surface area contributed by atoms with E-state index in [4.69, 9.17) is 5.73 Å². The summed E-state index contributed by atoms with van der Waals surface area (Å²) in [5.74, 6) is 0. The van der Waals surface area contributed by atoms with Gasteiger partial charge in [-0.25, -0.2) is 4.98 Å². The van der Waals surface area contributed by atoms with Crippen molar-refractivity contribution in [1.82, 2.24) is 14.8 Å². The molecular formula is C10H14N4S. The Morgan fingerprint density at radius 2 is 2.40 bits per heavy atom. The van der Waals surface area contributed by atoms with E-state index in [1.807, 2.05) is 22.3 Å². The summed E-state index contributed by atoms with van der Waals surface area (Å²) in [5, 5.41) is 7.27. The first-order valence-corrected chi connectivity index (χ1v) is 5.89. The molecule has 0 bridgehead atoms. The van der Waals surface area contributed by atoms with Crippen LogP contribution in [0.3, 0.4) is 0 Å². The molecule has 0 unspecified atom stereocenters. The Labute approximate surface area is 92.8 Å². The van der Waals surface area contributed by atoms with Crippen molar-refractivity contribution >= 4 is 11.3 Å². The van der Waals surface area contributed by atoms with Crippen LogP contribution in [-0.2, 0) is 13.1 Å². The van der Waals surface area contributed by atoms with Gasteiger partial charge in [0.05, 0.1) is 11.4 Å². The Morgan fingerprint density at radius 3 is 3.07 bits per heavy atom. The molecule has 0 radical (unpaired) electrons. The minimum Gasteiger partial charge on any atom is -0.325 e. The summed E-state index contributed by atoms with van der Waals surface area (Å²) in [4.78, 5) is 4.45. The van der Waals surface area contributed by atoms with Crippen LogP contribution in [0.15, 0.2) is 17.6 Å². The van der Waals surface area contributed by atoms with Crippen LogP contribution in [-0.4, -0.2) is 14.8 Å². The number of nitrogens with two attached hydrogens (primary N) is 1. The molecule has 2 rings (SSSR count). The maximum atomic E-state index is 5.54. The SMILES string of the molecule is CCCn1nccc1-c1nc(CN)cs1. The Balaban J connectivity index is 2.31. The van der Waals surface area contributed by atoms with Gasteiger partial charge in [-0.05, 0) is 12.5 Å². The maximum absolute atomic E-state index is 5.54. The summed E-state index contributed by atoms with van der Waals surface area (Å²) in [6.45, 7) is 3.57. The summed E-state index contributed by atoms with van der Waals surface area (Å²) < 4.78 is 1.99. The number of nitrogens with zero attached hydrogens (tertiary/aromatic N) is 3. The molecule has 0 saturated heterocycles. The lowest BCUT2D eigenvalue weighted by atomic mass is 10.4. The summed E-state index contributed by atoms with van der Waals surface area (Å²) in [5.41, 5.74) is 7.56. The van der Waals surface area contributed by atoms with E-state index in [1.165, 1.54) is 0 Å². The number of aryl methyl sites for hydroxylation is 1. The lowest BCUT2D eigenvalue weighted by Crippen LogP contribution is -2.01. The molecule has 4 nitrogen and oxygen atoms in total. The van der Waals surface area contributed by atoms with Crippen LogP contribution in [0.4, 0.5) is 0 Å². The minimum atomic E-state index is 0.498. The lowest BCUT2D eigenvalue weighted by molar-refractivity contribution is 0.608. The van der Waals surface area contributed by atoms with Gasteiger partial charge in [-0.2, -0.15) is 5.10 Å². The van der Waals surface area contributed by atoms with E-state index in [-0.39, 0.29) is 0 Å². The Kier molecular flexibility index (Phi) is 3.13. The van der Waals surface area contributed by atoms with Crippen molar-refractivity contribution in [3.05, 3.63) is 23.3 Å². The van der Waals surface area contributed by atoms with Gasteiger partial charge in [-0.3, -0.25) is 4.68 Å². The molecule has 80 valence electrons. The van der Waals surface area contributed by atoms with Crippen molar-refractivity contribution in [2.24, 2.45) is 5.73 Å². The number of rotatable bonds is 4. The predicted octanol–water partition coefficient (Wildman–Crippen LogP) is 1.88. The van der Waals surface area contributed by atoms with Crippen LogP contribution in [0.1, 0.15) is 19.0 Å². The van der Waals surface area contributed by atoms with Crippen molar-refractivity contribution in [2.75, 3.05) is 0 Å². The Bertz CT molecular complexity index is 432. The first-order chi connectivity index (χ1) is 7.35. The van der Waals surface area contributed by atoms with Crippen LogP contribution in [0.2, 0.25) is 0 Å². The molecule has 0 atom stereocenters. The summed E-state index contributed by atoms with van der Waals surface area (Å²) in [6, 6.07) is 1.99. The van der Waals surface area contributed by atoms with Crippen molar-refractivity contribution in [1.29, 1.82) is 0 Å². The fourth-order valence-corrected chi connectivity index (χ4v) is 2.28. The van der Waals surface area contributed by atoms with E-state index < -0.39 is 0 Å². The zero-order valence-corrected chi connectivity index (χ0v) is 9.50. The summed E-state index contributed by atoms with van der Waals surface area (Å²) >= 11 is 1.62. The van der Waals surface area contributed by atoms with Crippen LogP contribution in [0.5, 0.6) is 0 Å². The molecule has 0 fully saturated rings. The highest BCUT2D eigenvalue weighted by Gasteiger charge is 2.08. The van der Waals surface area contributed by atoms with Gasteiger partial charge in [-0.15, -0.1) is 11.3 Å². The Morgan fingerprint density at radius 1 is 1.53 bits per heavy atom. The minimum absolute atomic E-state index is 0.498. The molecule has 0 aliphatic rings. The molecule has 0 aliphatic carbocycles. The van der Waals surface area contributed by atoms with Gasteiger partial charge in [0.2, 0.25) is 0 Å². The van der Waals surface area contributed by atoms with Crippen molar-refractivity contribution in [2.45, 2.75) is 26.4 Å². The van der Waals surface area contributed by atoms with E-state index in [0.29, 0.717) is 6.54 Å². The van der Waals surface area contributed by atoms with E-state index in [0.717, 1.165) is 29.4 Å². The maximum Gasteiger partial charge on any atom is 0.141 e. The molecule has 0 spiro atoms. The number of hydrogen-bond donors (Lipinski definition) is 1. The largest absolute Gasteiger partial charge is 0.325 e. The third-order valence-electron chi connectivity index (χ3n) is 2.13. The lowest BCUT2D eigenvalue weighted by Gasteiger charge is -2.02. The molecule has 0 amide bonds. The number of aromatic nitrogens is 3. The molecule has 2 aromatic rings. The fourth-order valence-electron chi connectivity index (χ4n) is 1.42. The standard InChI is InChI=1S/C10H14N4S/c1-2-5-14-9(3-4-12-14)10-13-8(6-11)7-15-10/h3-4,7H,2,5-6,11H2,1H3. The van der Waals surface area contributed by atoms with Gasteiger partial charge in [0.15, 0.2) is 0 Å². The molecule has 0 saturated carbocycles. The Hall–Kier alpha value is -1.20. The fraction of sp³-hybridized carbons (Fsp3) is 0.400. The highest BCUT2D eigenvalue weighted by molar-refractivity contribution is 7.13. The average molecular weight is 222 g/mol. The molecule has 2 N–H and O–H groups in total. The van der Waals surface area contributed by atoms with Crippen LogP contribution < -0.4 is 5.73 Å². The van der Waals surface area contributed by atoms with E-state index in [9.17, 15) is 0 Å². The van der Waals surface area contributed by atoms with Gasteiger partial charge in [-0.1, -0.05) is 6.92 Å². The number of thiazole rings is 1. The first-order valence-electron chi connectivity index (χ1n) is 5.01. The molecule has 2 heterocycles. The van der Waals surface area contributed by atoms with Gasteiger partial charge < -0.3 is 5.73 Å². The topological polar surface area (TPSA) is 56.7 Å². The summed E-state index contributed by atoms with van der Waals surface area (Å²) in [6.07, 6.45) is 2.89. The third kappa shape index (κ3) is 2.08. The molecule has 0 aliphatic heterocycles. The van der Waals surface area contributed by atoms with Crippen molar-refractivity contribution < 1.29 is 0 Å². The normalized spacial score (nSPS) is 10.8. The molecule has 2 aromatic heterocycles.